The Balaban J connectivity index is 1.74. The Hall–Kier alpha value is -2.36. The maximum Gasteiger partial charge on any atom is 0.341 e. The van der Waals surface area contributed by atoms with Crippen molar-refractivity contribution in [3.8, 4) is 0 Å². The fourth-order valence-corrected chi connectivity index (χ4v) is 4.43. The number of halogens is 3. The monoisotopic (exact) mass is 456 g/mol. The number of alkyl halides is 2. The summed E-state index contributed by atoms with van der Waals surface area (Å²) in [5.74, 6) is -4.04. The zero-order valence-corrected chi connectivity index (χ0v) is 17.4. The molecule has 0 fully saturated rings. The molecule has 1 N–H and O–H groups in total. The first-order valence-corrected chi connectivity index (χ1v) is 11.1. The SMILES string of the molecule is Cc1nc(NC(=O)c2ccc(S(=O)(=O)C(F)F)cc2)sc1Cc1ccccc1Cl. The van der Waals surface area contributed by atoms with E-state index in [0.717, 1.165) is 28.3 Å². The number of aromatic nitrogens is 1. The minimum Gasteiger partial charge on any atom is -0.298 e. The Kier molecular flexibility index (Phi) is 6.30. The molecule has 0 saturated heterocycles. The van der Waals surface area contributed by atoms with Gasteiger partial charge < -0.3 is 0 Å². The molecule has 3 aromatic rings. The number of hydrogen-bond acceptors (Lipinski definition) is 5. The van der Waals surface area contributed by atoms with Crippen LogP contribution in [0.2, 0.25) is 5.02 Å². The Morgan fingerprint density at radius 3 is 2.45 bits per heavy atom. The summed E-state index contributed by atoms with van der Waals surface area (Å²) in [6.45, 7) is 1.82. The van der Waals surface area contributed by atoms with Crippen molar-refractivity contribution in [2.45, 2.75) is 24.0 Å². The van der Waals surface area contributed by atoms with E-state index in [1.54, 1.807) is 6.07 Å². The molecular formula is C19H15ClF2N2O3S2. The van der Waals surface area contributed by atoms with E-state index in [9.17, 15) is 22.0 Å². The Morgan fingerprint density at radius 2 is 1.83 bits per heavy atom. The van der Waals surface area contributed by atoms with Gasteiger partial charge in [0, 0.05) is 21.9 Å². The lowest BCUT2D eigenvalue weighted by Crippen LogP contribution is -2.14. The number of carbonyl (C=O) groups excluding carboxylic acids is 1. The standard InChI is InChI=1S/C19H15ClF2N2O3S2/c1-11-16(10-13-4-2-3-5-15(13)20)28-19(23-11)24-17(25)12-6-8-14(9-7-12)29(26,27)18(21)22/h2-9,18H,10H2,1H3,(H,23,24,25). The third kappa shape index (κ3) is 4.80. The normalized spacial score (nSPS) is 11.6. The number of hydrogen-bond donors (Lipinski definition) is 1. The second-order valence-electron chi connectivity index (χ2n) is 6.08. The van der Waals surface area contributed by atoms with Gasteiger partial charge in [0.1, 0.15) is 0 Å². The van der Waals surface area contributed by atoms with Gasteiger partial charge in [-0.05, 0) is 42.8 Å². The first-order chi connectivity index (χ1) is 13.7. The van der Waals surface area contributed by atoms with Gasteiger partial charge in [-0.25, -0.2) is 13.4 Å². The zero-order valence-electron chi connectivity index (χ0n) is 15.0. The maximum absolute atomic E-state index is 12.6. The minimum absolute atomic E-state index is 0.124. The number of sulfone groups is 1. The van der Waals surface area contributed by atoms with E-state index in [4.69, 9.17) is 11.6 Å². The average molecular weight is 457 g/mol. The van der Waals surface area contributed by atoms with Gasteiger partial charge in [-0.3, -0.25) is 10.1 Å². The molecule has 5 nitrogen and oxygen atoms in total. The van der Waals surface area contributed by atoms with Crippen molar-refractivity contribution in [3.05, 3.63) is 75.3 Å². The molecule has 3 rings (SSSR count). The summed E-state index contributed by atoms with van der Waals surface area (Å²) in [6.07, 6.45) is 0.569. The number of carbonyl (C=O) groups is 1. The molecule has 0 spiro atoms. The molecule has 0 saturated carbocycles. The van der Waals surface area contributed by atoms with Crippen molar-refractivity contribution in [2.24, 2.45) is 0 Å². The second kappa shape index (κ2) is 8.56. The van der Waals surface area contributed by atoms with Crippen molar-refractivity contribution in [1.82, 2.24) is 4.98 Å². The van der Waals surface area contributed by atoms with Crippen molar-refractivity contribution in [2.75, 3.05) is 5.32 Å². The molecule has 1 aromatic heterocycles. The van der Waals surface area contributed by atoms with Crippen molar-refractivity contribution in [3.63, 3.8) is 0 Å². The molecule has 0 atom stereocenters. The highest BCUT2D eigenvalue weighted by molar-refractivity contribution is 7.91. The summed E-state index contributed by atoms with van der Waals surface area (Å²) in [6, 6.07) is 11.7. The van der Waals surface area contributed by atoms with Gasteiger partial charge in [0.25, 0.3) is 5.91 Å². The average Bonchev–Trinajstić information content (AvgIpc) is 3.02. The summed E-state index contributed by atoms with van der Waals surface area (Å²) >= 11 is 7.49. The van der Waals surface area contributed by atoms with Crippen LogP contribution in [-0.2, 0) is 16.3 Å². The predicted molar refractivity (Wildman–Crippen MR) is 109 cm³/mol. The molecule has 29 heavy (non-hydrogen) atoms. The van der Waals surface area contributed by atoms with Gasteiger partial charge in [-0.1, -0.05) is 29.8 Å². The Bertz CT molecular complexity index is 1150. The highest BCUT2D eigenvalue weighted by Gasteiger charge is 2.26. The molecule has 0 radical (unpaired) electrons. The molecule has 1 amide bonds. The topological polar surface area (TPSA) is 76.1 Å². The van der Waals surface area contributed by atoms with E-state index in [0.29, 0.717) is 16.6 Å². The first kappa shape index (κ1) is 21.4. The zero-order chi connectivity index (χ0) is 21.2. The van der Waals surface area contributed by atoms with Gasteiger partial charge in [0.2, 0.25) is 9.84 Å². The van der Waals surface area contributed by atoms with E-state index in [2.05, 4.69) is 10.3 Å². The van der Waals surface area contributed by atoms with E-state index in [1.165, 1.54) is 23.5 Å². The van der Waals surface area contributed by atoms with E-state index in [-0.39, 0.29) is 5.56 Å². The second-order valence-corrected chi connectivity index (χ2v) is 9.49. The molecule has 0 unspecified atom stereocenters. The fraction of sp³-hybridized carbons (Fsp3) is 0.158. The van der Waals surface area contributed by atoms with Crippen LogP contribution in [0.3, 0.4) is 0 Å². The van der Waals surface area contributed by atoms with Crippen LogP contribution in [-0.4, -0.2) is 25.1 Å². The largest absolute Gasteiger partial charge is 0.341 e. The van der Waals surface area contributed by atoms with E-state index in [1.807, 2.05) is 25.1 Å². The van der Waals surface area contributed by atoms with Gasteiger partial charge in [0.05, 0.1) is 10.6 Å². The Morgan fingerprint density at radius 1 is 1.17 bits per heavy atom. The quantitative estimate of drug-likeness (QED) is 0.569. The predicted octanol–water partition coefficient (Wildman–Crippen LogP) is 4.94. The lowest BCUT2D eigenvalue weighted by Gasteiger charge is -2.05. The molecule has 2 aromatic carbocycles. The van der Waals surface area contributed by atoms with Gasteiger partial charge in [-0.2, -0.15) is 8.78 Å². The first-order valence-electron chi connectivity index (χ1n) is 8.31. The number of amides is 1. The summed E-state index contributed by atoms with van der Waals surface area (Å²) in [5, 5.41) is 3.66. The van der Waals surface area contributed by atoms with Crippen LogP contribution in [0.1, 0.15) is 26.5 Å². The van der Waals surface area contributed by atoms with Crippen molar-refractivity contribution >= 4 is 43.8 Å². The molecule has 0 aliphatic rings. The molecule has 1 heterocycles. The summed E-state index contributed by atoms with van der Waals surface area (Å²) in [7, 11) is -4.70. The van der Waals surface area contributed by atoms with Crippen molar-refractivity contribution < 1.29 is 22.0 Å². The maximum atomic E-state index is 12.6. The molecule has 152 valence electrons. The summed E-state index contributed by atoms with van der Waals surface area (Å²) in [4.78, 5) is 17.1. The smallest absolute Gasteiger partial charge is 0.298 e. The van der Waals surface area contributed by atoms with Crippen LogP contribution in [0.5, 0.6) is 0 Å². The highest BCUT2D eigenvalue weighted by atomic mass is 35.5. The number of benzene rings is 2. The van der Waals surface area contributed by atoms with Crippen LogP contribution in [0.25, 0.3) is 0 Å². The van der Waals surface area contributed by atoms with Gasteiger partial charge in [0.15, 0.2) is 5.13 Å². The number of anilines is 1. The van der Waals surface area contributed by atoms with Crippen LogP contribution >= 0.6 is 22.9 Å². The third-order valence-corrected chi connectivity index (χ3v) is 6.94. The van der Waals surface area contributed by atoms with E-state index >= 15 is 0 Å². The van der Waals surface area contributed by atoms with Crippen LogP contribution in [0, 0.1) is 6.92 Å². The number of nitrogens with one attached hydrogen (secondary N) is 1. The number of aryl methyl sites for hydroxylation is 1. The number of rotatable bonds is 6. The highest BCUT2D eigenvalue weighted by Crippen LogP contribution is 2.28. The number of nitrogens with zero attached hydrogens (tertiary/aromatic N) is 1. The summed E-state index contributed by atoms with van der Waals surface area (Å²) in [5.41, 5.74) is 1.82. The van der Waals surface area contributed by atoms with Crippen LogP contribution < -0.4 is 5.32 Å². The van der Waals surface area contributed by atoms with Gasteiger partial charge >= 0.3 is 5.76 Å². The summed E-state index contributed by atoms with van der Waals surface area (Å²) < 4.78 is 48.1. The lowest BCUT2D eigenvalue weighted by molar-refractivity contribution is 0.102. The van der Waals surface area contributed by atoms with Gasteiger partial charge in [-0.15, -0.1) is 11.3 Å². The lowest BCUT2D eigenvalue weighted by atomic mass is 10.1. The van der Waals surface area contributed by atoms with Crippen LogP contribution in [0.15, 0.2) is 53.4 Å². The molecule has 10 heteroatoms. The third-order valence-electron chi connectivity index (χ3n) is 4.10. The molecular weight excluding hydrogens is 442 g/mol. The fourth-order valence-electron chi connectivity index (χ4n) is 2.53. The Labute approximate surface area is 175 Å². The molecule has 0 aliphatic heterocycles. The molecule has 0 aliphatic carbocycles. The molecule has 0 bridgehead atoms. The number of thiazole rings is 1. The van der Waals surface area contributed by atoms with Crippen molar-refractivity contribution in [1.29, 1.82) is 0 Å². The van der Waals surface area contributed by atoms with E-state index < -0.39 is 26.4 Å². The minimum atomic E-state index is -4.70. The van der Waals surface area contributed by atoms with Crippen LogP contribution in [0.4, 0.5) is 13.9 Å².